The van der Waals surface area contributed by atoms with Crippen LogP contribution >= 0.6 is 0 Å². The van der Waals surface area contributed by atoms with Crippen molar-refractivity contribution in [1.82, 2.24) is 24.8 Å². The number of aliphatic hydroxyl groups excluding tert-OH is 1. The summed E-state index contributed by atoms with van der Waals surface area (Å²) in [6.45, 7) is 0. The summed E-state index contributed by atoms with van der Waals surface area (Å²) in [5, 5.41) is 21.6. The Bertz CT molecular complexity index is 447. The van der Waals surface area contributed by atoms with Crippen LogP contribution in [0.25, 0.3) is 0 Å². The van der Waals surface area contributed by atoms with E-state index in [-0.39, 0.29) is 0 Å². The van der Waals surface area contributed by atoms with Crippen LogP contribution in [-0.4, -0.2) is 29.9 Å². The fraction of sp³-hybridized carbons (Fsp3) is 0.444. The highest BCUT2D eigenvalue weighted by Gasteiger charge is 2.12. The van der Waals surface area contributed by atoms with Gasteiger partial charge in [0.25, 0.3) is 0 Å². The molecule has 0 spiro atoms. The molecule has 0 bridgehead atoms. The van der Waals surface area contributed by atoms with Crippen LogP contribution in [0.3, 0.4) is 0 Å². The van der Waals surface area contributed by atoms with Crippen molar-refractivity contribution in [2.24, 2.45) is 14.1 Å². The summed E-state index contributed by atoms with van der Waals surface area (Å²) in [5.41, 5.74) is 1.57. The lowest BCUT2D eigenvalue weighted by Gasteiger charge is -2.04. The van der Waals surface area contributed by atoms with Crippen molar-refractivity contribution in [3.05, 3.63) is 29.8 Å². The summed E-state index contributed by atoms with van der Waals surface area (Å²) < 4.78 is 3.28. The van der Waals surface area contributed by atoms with E-state index in [0.29, 0.717) is 6.42 Å². The lowest BCUT2D eigenvalue weighted by Crippen LogP contribution is -2.01. The lowest BCUT2D eigenvalue weighted by atomic mass is 10.1. The minimum absolute atomic E-state index is 0.458. The molecule has 0 saturated heterocycles. The second-order valence-electron chi connectivity index (χ2n) is 3.55. The molecule has 6 nitrogen and oxygen atoms in total. The van der Waals surface area contributed by atoms with Gasteiger partial charge in [0, 0.05) is 38.5 Å². The average Bonchev–Trinajstić information content (AvgIpc) is 2.75. The predicted molar refractivity (Wildman–Crippen MR) is 52.9 cm³/mol. The van der Waals surface area contributed by atoms with Crippen molar-refractivity contribution in [1.29, 1.82) is 0 Å². The van der Waals surface area contributed by atoms with E-state index in [1.165, 1.54) is 0 Å². The number of hydrogen-bond donors (Lipinski definition) is 1. The van der Waals surface area contributed by atoms with Crippen molar-refractivity contribution >= 4 is 0 Å². The highest BCUT2D eigenvalue weighted by atomic mass is 16.3. The molecular weight excluding hydrogens is 194 g/mol. The molecule has 0 aliphatic rings. The fourth-order valence-electron chi connectivity index (χ4n) is 1.42. The number of aliphatic hydroxyl groups is 1. The number of aromatic nitrogens is 5. The maximum absolute atomic E-state index is 9.87. The van der Waals surface area contributed by atoms with Crippen LogP contribution in [0.1, 0.15) is 17.4 Å². The fourth-order valence-corrected chi connectivity index (χ4v) is 1.42. The first-order chi connectivity index (χ1) is 7.15. The van der Waals surface area contributed by atoms with Gasteiger partial charge in [0.15, 0.2) is 0 Å². The Kier molecular flexibility index (Phi) is 2.51. The first kappa shape index (κ1) is 9.85. The SMILES string of the molecule is Cn1cc(C(O)Cc2cn(C)nn2)cn1. The van der Waals surface area contributed by atoms with Crippen LogP contribution in [0, 0.1) is 0 Å². The van der Waals surface area contributed by atoms with Crippen LogP contribution in [0.15, 0.2) is 18.6 Å². The van der Waals surface area contributed by atoms with Crippen molar-refractivity contribution in [2.45, 2.75) is 12.5 Å². The smallest absolute Gasteiger partial charge is 0.0877 e. The summed E-state index contributed by atoms with van der Waals surface area (Å²) in [7, 11) is 3.62. The molecule has 2 rings (SSSR count). The van der Waals surface area contributed by atoms with E-state index in [0.717, 1.165) is 11.3 Å². The maximum Gasteiger partial charge on any atom is 0.0877 e. The Labute approximate surface area is 87.1 Å². The van der Waals surface area contributed by atoms with Gasteiger partial charge in [-0.1, -0.05) is 5.21 Å². The molecule has 0 aromatic carbocycles. The third-order valence-electron chi connectivity index (χ3n) is 2.16. The summed E-state index contributed by atoms with van der Waals surface area (Å²) in [6.07, 6.45) is 5.12. The van der Waals surface area contributed by atoms with Crippen LogP contribution in [0.2, 0.25) is 0 Å². The van der Waals surface area contributed by atoms with Gasteiger partial charge in [-0.05, 0) is 0 Å². The monoisotopic (exact) mass is 207 g/mol. The van der Waals surface area contributed by atoms with Gasteiger partial charge < -0.3 is 5.11 Å². The molecule has 0 fully saturated rings. The molecule has 0 aliphatic heterocycles. The standard InChI is InChI=1S/C9H13N5O/c1-13-5-7(4-10-13)9(15)3-8-6-14(2)12-11-8/h4-6,9,15H,3H2,1-2H3. The van der Waals surface area contributed by atoms with E-state index in [2.05, 4.69) is 15.4 Å². The third-order valence-corrected chi connectivity index (χ3v) is 2.16. The van der Waals surface area contributed by atoms with E-state index in [1.807, 2.05) is 7.05 Å². The van der Waals surface area contributed by atoms with Gasteiger partial charge in [-0.3, -0.25) is 9.36 Å². The minimum Gasteiger partial charge on any atom is -0.388 e. The topological polar surface area (TPSA) is 68.8 Å². The molecule has 80 valence electrons. The van der Waals surface area contributed by atoms with Crippen LogP contribution in [0.5, 0.6) is 0 Å². The predicted octanol–water partition coefficient (Wildman–Crippen LogP) is -0.175. The maximum atomic E-state index is 9.87. The zero-order valence-corrected chi connectivity index (χ0v) is 8.70. The number of nitrogens with zero attached hydrogens (tertiary/aromatic N) is 5. The van der Waals surface area contributed by atoms with Gasteiger partial charge in [0.1, 0.15) is 0 Å². The minimum atomic E-state index is -0.574. The van der Waals surface area contributed by atoms with Gasteiger partial charge in [-0.25, -0.2) is 0 Å². The lowest BCUT2D eigenvalue weighted by molar-refractivity contribution is 0.177. The first-order valence-corrected chi connectivity index (χ1v) is 4.67. The molecule has 15 heavy (non-hydrogen) atoms. The molecule has 0 saturated carbocycles. The zero-order chi connectivity index (χ0) is 10.8. The quantitative estimate of drug-likeness (QED) is 0.758. The third kappa shape index (κ3) is 2.21. The van der Waals surface area contributed by atoms with Gasteiger partial charge >= 0.3 is 0 Å². The summed E-state index contributed by atoms with van der Waals surface area (Å²) in [5.74, 6) is 0. The average molecular weight is 207 g/mol. The van der Waals surface area contributed by atoms with E-state index in [4.69, 9.17) is 0 Å². The largest absolute Gasteiger partial charge is 0.388 e. The second-order valence-corrected chi connectivity index (χ2v) is 3.55. The Morgan fingerprint density at radius 1 is 1.33 bits per heavy atom. The molecule has 1 atom stereocenters. The Morgan fingerprint density at radius 2 is 2.13 bits per heavy atom. The molecule has 0 radical (unpaired) electrons. The van der Waals surface area contributed by atoms with Gasteiger partial charge in [0.05, 0.1) is 18.0 Å². The van der Waals surface area contributed by atoms with Crippen molar-refractivity contribution in [2.75, 3.05) is 0 Å². The molecule has 2 aromatic heterocycles. The molecular formula is C9H13N5O. The number of hydrogen-bond acceptors (Lipinski definition) is 4. The molecule has 0 aliphatic carbocycles. The van der Waals surface area contributed by atoms with Crippen molar-refractivity contribution in [3.8, 4) is 0 Å². The number of aryl methyl sites for hydroxylation is 2. The molecule has 2 aromatic rings. The molecule has 6 heteroatoms. The van der Waals surface area contributed by atoms with E-state index >= 15 is 0 Å². The summed E-state index contributed by atoms with van der Waals surface area (Å²) in [4.78, 5) is 0. The second kappa shape index (κ2) is 3.82. The Hall–Kier alpha value is -1.69. The Balaban J connectivity index is 2.06. The number of rotatable bonds is 3. The molecule has 0 amide bonds. The normalized spacial score (nSPS) is 13.0. The molecule has 1 N–H and O–H groups in total. The zero-order valence-electron chi connectivity index (χ0n) is 8.70. The van der Waals surface area contributed by atoms with Crippen LogP contribution in [-0.2, 0) is 20.5 Å². The van der Waals surface area contributed by atoms with E-state index in [9.17, 15) is 5.11 Å². The Morgan fingerprint density at radius 3 is 2.67 bits per heavy atom. The van der Waals surface area contributed by atoms with Crippen molar-refractivity contribution in [3.63, 3.8) is 0 Å². The van der Waals surface area contributed by atoms with Crippen molar-refractivity contribution < 1.29 is 5.11 Å². The van der Waals surface area contributed by atoms with Gasteiger partial charge in [-0.15, -0.1) is 5.10 Å². The van der Waals surface area contributed by atoms with Gasteiger partial charge in [0.2, 0.25) is 0 Å². The van der Waals surface area contributed by atoms with Gasteiger partial charge in [-0.2, -0.15) is 5.10 Å². The van der Waals surface area contributed by atoms with E-state index < -0.39 is 6.10 Å². The molecule has 1 unspecified atom stereocenters. The summed E-state index contributed by atoms with van der Waals surface area (Å²) >= 11 is 0. The summed E-state index contributed by atoms with van der Waals surface area (Å²) in [6, 6.07) is 0. The van der Waals surface area contributed by atoms with Crippen LogP contribution < -0.4 is 0 Å². The highest BCUT2D eigenvalue weighted by molar-refractivity contribution is 5.10. The molecule has 2 heterocycles. The highest BCUT2D eigenvalue weighted by Crippen LogP contribution is 2.15. The van der Waals surface area contributed by atoms with Crippen LogP contribution in [0.4, 0.5) is 0 Å². The van der Waals surface area contributed by atoms with E-state index in [1.54, 1.807) is 35.0 Å². The first-order valence-electron chi connectivity index (χ1n) is 4.67.